The molecule has 0 aliphatic rings. The number of nitrogens with zero attached hydrogens (tertiary/aromatic N) is 2. The Bertz CT molecular complexity index is 600. The first-order valence-corrected chi connectivity index (χ1v) is 6.74. The van der Waals surface area contributed by atoms with Crippen molar-refractivity contribution in [3.63, 3.8) is 0 Å². The van der Waals surface area contributed by atoms with Crippen LogP contribution in [0.5, 0.6) is 5.88 Å². The molecule has 1 N–H and O–H groups in total. The SMILES string of the molecule is Cc1ncsc1CCOc1ncc(C(=O)O)cc1Cl. The maximum atomic E-state index is 10.7. The lowest BCUT2D eigenvalue weighted by molar-refractivity contribution is 0.0696. The second-order valence-electron chi connectivity index (χ2n) is 3.78. The van der Waals surface area contributed by atoms with E-state index in [9.17, 15) is 4.79 Å². The molecule has 0 unspecified atom stereocenters. The highest BCUT2D eigenvalue weighted by Gasteiger charge is 2.10. The van der Waals surface area contributed by atoms with Gasteiger partial charge >= 0.3 is 5.97 Å². The minimum atomic E-state index is -1.07. The zero-order chi connectivity index (χ0) is 13.8. The van der Waals surface area contributed by atoms with Gasteiger partial charge in [-0.05, 0) is 13.0 Å². The van der Waals surface area contributed by atoms with Gasteiger partial charge < -0.3 is 9.84 Å². The van der Waals surface area contributed by atoms with Crippen LogP contribution in [0.4, 0.5) is 0 Å². The van der Waals surface area contributed by atoms with Crippen molar-refractivity contribution in [2.45, 2.75) is 13.3 Å². The smallest absolute Gasteiger partial charge is 0.337 e. The summed E-state index contributed by atoms with van der Waals surface area (Å²) in [5.74, 6) is -0.824. The van der Waals surface area contributed by atoms with Crippen LogP contribution in [0.1, 0.15) is 20.9 Å². The van der Waals surface area contributed by atoms with E-state index in [2.05, 4.69) is 9.97 Å². The Kier molecular flexibility index (Phi) is 4.34. The van der Waals surface area contributed by atoms with Gasteiger partial charge in [0.25, 0.3) is 0 Å². The van der Waals surface area contributed by atoms with Crippen molar-refractivity contribution in [2.75, 3.05) is 6.61 Å². The molecule has 0 bridgehead atoms. The van der Waals surface area contributed by atoms with Crippen LogP contribution >= 0.6 is 22.9 Å². The topological polar surface area (TPSA) is 72.3 Å². The van der Waals surface area contributed by atoms with Gasteiger partial charge in [-0.25, -0.2) is 14.8 Å². The van der Waals surface area contributed by atoms with Crippen molar-refractivity contribution in [3.8, 4) is 5.88 Å². The van der Waals surface area contributed by atoms with Gasteiger partial charge in [0.05, 0.1) is 23.4 Å². The van der Waals surface area contributed by atoms with Gasteiger partial charge in [-0.1, -0.05) is 11.6 Å². The molecule has 0 amide bonds. The maximum absolute atomic E-state index is 10.7. The fourth-order valence-electron chi connectivity index (χ4n) is 1.46. The molecular weight excluding hydrogens is 288 g/mol. The van der Waals surface area contributed by atoms with Crippen molar-refractivity contribution >= 4 is 28.9 Å². The number of hydrogen-bond donors (Lipinski definition) is 1. The molecule has 0 atom stereocenters. The predicted octanol–water partition coefficient (Wildman–Crippen LogP) is 2.82. The molecule has 2 rings (SSSR count). The Hall–Kier alpha value is -1.66. The second kappa shape index (κ2) is 5.99. The van der Waals surface area contributed by atoms with E-state index in [0.717, 1.165) is 17.0 Å². The van der Waals surface area contributed by atoms with Crippen molar-refractivity contribution in [2.24, 2.45) is 0 Å². The number of ether oxygens (including phenoxy) is 1. The normalized spacial score (nSPS) is 10.4. The molecule has 7 heteroatoms. The van der Waals surface area contributed by atoms with Crippen molar-refractivity contribution in [1.29, 1.82) is 0 Å². The Balaban J connectivity index is 1.96. The van der Waals surface area contributed by atoms with E-state index in [0.29, 0.717) is 6.61 Å². The summed E-state index contributed by atoms with van der Waals surface area (Å²) in [6, 6.07) is 1.32. The highest BCUT2D eigenvalue weighted by Crippen LogP contribution is 2.23. The van der Waals surface area contributed by atoms with Crippen LogP contribution in [-0.4, -0.2) is 27.7 Å². The van der Waals surface area contributed by atoms with Crippen molar-refractivity contribution < 1.29 is 14.6 Å². The molecule has 5 nitrogen and oxygen atoms in total. The summed E-state index contributed by atoms with van der Waals surface area (Å²) in [6.07, 6.45) is 1.94. The third-order valence-electron chi connectivity index (χ3n) is 2.47. The second-order valence-corrected chi connectivity index (χ2v) is 5.12. The molecule has 2 heterocycles. The lowest BCUT2D eigenvalue weighted by Crippen LogP contribution is -2.04. The summed E-state index contributed by atoms with van der Waals surface area (Å²) in [7, 11) is 0. The average Bonchev–Trinajstić information content (AvgIpc) is 2.77. The first-order chi connectivity index (χ1) is 9.08. The van der Waals surface area contributed by atoms with E-state index in [1.807, 2.05) is 6.92 Å². The number of thiazole rings is 1. The molecule has 19 heavy (non-hydrogen) atoms. The zero-order valence-corrected chi connectivity index (χ0v) is 11.7. The number of carbonyl (C=O) groups is 1. The molecule has 0 aliphatic heterocycles. The number of hydrogen-bond acceptors (Lipinski definition) is 5. The number of aryl methyl sites for hydroxylation is 1. The molecule has 0 radical (unpaired) electrons. The van der Waals surface area contributed by atoms with Crippen LogP contribution in [0.25, 0.3) is 0 Å². The first kappa shape index (κ1) is 13.8. The number of aromatic nitrogens is 2. The molecule has 2 aromatic heterocycles. The van der Waals surface area contributed by atoms with E-state index >= 15 is 0 Å². The maximum Gasteiger partial charge on any atom is 0.337 e. The Morgan fingerprint density at radius 1 is 1.53 bits per heavy atom. The Morgan fingerprint density at radius 2 is 2.32 bits per heavy atom. The van der Waals surface area contributed by atoms with E-state index in [4.69, 9.17) is 21.4 Å². The van der Waals surface area contributed by atoms with E-state index < -0.39 is 5.97 Å². The molecule has 0 aromatic carbocycles. The molecular formula is C12H11ClN2O3S. The lowest BCUT2D eigenvalue weighted by atomic mass is 10.3. The Labute approximate surface area is 118 Å². The molecule has 0 saturated heterocycles. The summed E-state index contributed by atoms with van der Waals surface area (Å²) in [6.45, 7) is 2.36. The third kappa shape index (κ3) is 3.42. The number of rotatable bonds is 5. The van der Waals surface area contributed by atoms with Crippen LogP contribution in [-0.2, 0) is 6.42 Å². The van der Waals surface area contributed by atoms with Crippen LogP contribution in [0, 0.1) is 6.92 Å². The minimum Gasteiger partial charge on any atom is -0.478 e. The van der Waals surface area contributed by atoms with Crippen LogP contribution in [0.2, 0.25) is 5.02 Å². The molecule has 0 spiro atoms. The summed E-state index contributed by atoms with van der Waals surface area (Å²) in [4.78, 5) is 19.9. The van der Waals surface area contributed by atoms with Gasteiger partial charge in [-0.3, -0.25) is 0 Å². The minimum absolute atomic E-state index is 0.0376. The summed E-state index contributed by atoms with van der Waals surface area (Å²) < 4.78 is 5.44. The number of aromatic carboxylic acids is 1. The zero-order valence-electron chi connectivity index (χ0n) is 10.1. The summed E-state index contributed by atoms with van der Waals surface area (Å²) >= 11 is 7.48. The predicted molar refractivity (Wildman–Crippen MR) is 72.3 cm³/mol. The summed E-state index contributed by atoms with van der Waals surface area (Å²) in [5, 5.41) is 8.98. The van der Waals surface area contributed by atoms with E-state index in [1.54, 1.807) is 16.8 Å². The number of carboxylic acids is 1. The largest absolute Gasteiger partial charge is 0.478 e. The summed E-state index contributed by atoms with van der Waals surface area (Å²) in [5.41, 5.74) is 2.82. The van der Waals surface area contributed by atoms with E-state index in [1.165, 1.54) is 12.3 Å². The van der Waals surface area contributed by atoms with Gasteiger partial charge in [-0.2, -0.15) is 0 Å². The standard InChI is InChI=1S/C12H11ClN2O3S/c1-7-10(19-6-15-7)2-3-18-11-9(13)4-8(5-14-11)12(16)17/h4-6H,2-3H2,1H3,(H,16,17). The highest BCUT2D eigenvalue weighted by molar-refractivity contribution is 7.09. The highest BCUT2D eigenvalue weighted by atomic mass is 35.5. The molecule has 100 valence electrons. The van der Waals surface area contributed by atoms with Crippen LogP contribution in [0.3, 0.4) is 0 Å². The van der Waals surface area contributed by atoms with Crippen molar-refractivity contribution in [3.05, 3.63) is 38.9 Å². The third-order valence-corrected chi connectivity index (χ3v) is 3.73. The molecule has 0 saturated carbocycles. The quantitative estimate of drug-likeness (QED) is 0.919. The molecule has 0 fully saturated rings. The number of halogens is 1. The average molecular weight is 299 g/mol. The monoisotopic (exact) mass is 298 g/mol. The van der Waals surface area contributed by atoms with Crippen LogP contribution < -0.4 is 4.74 Å². The number of carboxylic acid groups (broad SMARTS) is 1. The van der Waals surface area contributed by atoms with Crippen molar-refractivity contribution in [1.82, 2.24) is 9.97 Å². The lowest BCUT2D eigenvalue weighted by Gasteiger charge is -2.06. The number of pyridine rings is 1. The van der Waals surface area contributed by atoms with Gasteiger partial charge in [0.1, 0.15) is 5.02 Å². The van der Waals surface area contributed by atoms with Gasteiger partial charge in [0.15, 0.2) is 0 Å². The fourth-order valence-corrected chi connectivity index (χ4v) is 2.44. The van der Waals surface area contributed by atoms with Gasteiger partial charge in [0.2, 0.25) is 5.88 Å². The molecule has 2 aromatic rings. The van der Waals surface area contributed by atoms with E-state index in [-0.39, 0.29) is 16.5 Å². The Morgan fingerprint density at radius 3 is 2.89 bits per heavy atom. The first-order valence-electron chi connectivity index (χ1n) is 5.48. The van der Waals surface area contributed by atoms with Gasteiger partial charge in [-0.15, -0.1) is 11.3 Å². The molecule has 0 aliphatic carbocycles. The van der Waals surface area contributed by atoms with Gasteiger partial charge in [0, 0.05) is 17.5 Å². The fraction of sp³-hybridized carbons (Fsp3) is 0.250. The van der Waals surface area contributed by atoms with Crippen LogP contribution in [0.15, 0.2) is 17.8 Å².